The molecule has 0 spiro atoms. The Balaban J connectivity index is 2.21. The van der Waals surface area contributed by atoms with E-state index in [0.717, 1.165) is 11.3 Å². The van der Waals surface area contributed by atoms with Crippen LogP contribution in [0, 0.1) is 0 Å². The molecule has 0 unspecified atom stereocenters. The number of rotatable bonds is 6. The first-order valence-corrected chi connectivity index (χ1v) is 6.81. The summed E-state index contributed by atoms with van der Waals surface area (Å²) < 4.78 is 34.0. The predicted octanol–water partition coefficient (Wildman–Crippen LogP) is 3.62. The highest BCUT2D eigenvalue weighted by atomic mass is 32.1. The minimum absolute atomic E-state index is 0.0787. The van der Waals surface area contributed by atoms with Crippen LogP contribution in [0.4, 0.5) is 8.78 Å². The minimum Gasteiger partial charge on any atom is -0.493 e. The Labute approximate surface area is 128 Å². The molecule has 2 rings (SSSR count). The van der Waals surface area contributed by atoms with Crippen LogP contribution in [0.25, 0.3) is 12.2 Å². The Morgan fingerprint density at radius 2 is 2.14 bits per heavy atom. The fourth-order valence-electron chi connectivity index (χ4n) is 1.62. The first kappa shape index (κ1) is 15.9. The zero-order chi connectivity index (χ0) is 16.1. The largest absolute Gasteiger partial charge is 0.493 e. The van der Waals surface area contributed by atoms with Crippen molar-refractivity contribution >= 4 is 29.5 Å². The van der Waals surface area contributed by atoms with Crippen molar-refractivity contribution in [2.45, 2.75) is 6.61 Å². The van der Waals surface area contributed by atoms with Gasteiger partial charge in [0, 0.05) is 0 Å². The molecule has 8 heteroatoms. The van der Waals surface area contributed by atoms with E-state index >= 15 is 0 Å². The number of halogens is 2. The van der Waals surface area contributed by atoms with Crippen LogP contribution in [0.15, 0.2) is 24.4 Å². The number of carboxylic acids is 1. The van der Waals surface area contributed by atoms with Crippen molar-refractivity contribution in [3.8, 4) is 11.5 Å². The van der Waals surface area contributed by atoms with Crippen molar-refractivity contribution in [3.63, 3.8) is 0 Å². The molecule has 116 valence electrons. The summed E-state index contributed by atoms with van der Waals surface area (Å²) in [6.07, 6.45) is 4.46. The zero-order valence-corrected chi connectivity index (χ0v) is 12.1. The molecule has 0 saturated heterocycles. The number of carbonyl (C=O) groups is 1. The lowest BCUT2D eigenvalue weighted by atomic mass is 10.2. The summed E-state index contributed by atoms with van der Waals surface area (Å²) in [4.78, 5) is 14.8. The monoisotopic (exact) mass is 327 g/mol. The number of aromatic carboxylic acids is 1. The van der Waals surface area contributed by atoms with Crippen LogP contribution in [0.2, 0.25) is 0 Å². The van der Waals surface area contributed by atoms with Gasteiger partial charge in [0.2, 0.25) is 0 Å². The molecule has 0 saturated carbocycles. The number of alkyl halides is 2. The minimum atomic E-state index is -2.95. The van der Waals surface area contributed by atoms with Gasteiger partial charge in [0.25, 0.3) is 0 Å². The van der Waals surface area contributed by atoms with Crippen molar-refractivity contribution in [2.24, 2.45) is 0 Å². The average molecular weight is 327 g/mol. The first-order chi connectivity index (χ1) is 10.5. The summed E-state index contributed by atoms with van der Waals surface area (Å²) in [6.45, 7) is -2.95. The summed E-state index contributed by atoms with van der Waals surface area (Å²) in [7, 11) is 1.35. The van der Waals surface area contributed by atoms with Gasteiger partial charge in [0.1, 0.15) is 9.88 Å². The van der Waals surface area contributed by atoms with Crippen molar-refractivity contribution in [3.05, 3.63) is 39.8 Å². The Kier molecular flexibility index (Phi) is 5.05. The fraction of sp³-hybridized carbons (Fsp3) is 0.143. The molecule has 0 amide bonds. The summed E-state index contributed by atoms with van der Waals surface area (Å²) in [5.74, 6) is -0.931. The smallest absolute Gasteiger partial charge is 0.387 e. The number of hydrogen-bond donors (Lipinski definition) is 1. The molecule has 22 heavy (non-hydrogen) atoms. The second kappa shape index (κ2) is 6.99. The van der Waals surface area contributed by atoms with Crippen LogP contribution in [0.3, 0.4) is 0 Å². The highest BCUT2D eigenvalue weighted by Crippen LogP contribution is 2.30. The average Bonchev–Trinajstić information content (AvgIpc) is 2.94. The van der Waals surface area contributed by atoms with E-state index in [-0.39, 0.29) is 16.4 Å². The van der Waals surface area contributed by atoms with E-state index in [9.17, 15) is 13.6 Å². The standard InChI is InChI=1S/C14H11F2NO4S/c1-20-9-4-2-8(6-10(9)21-14(15)16)3-5-12-17-7-11(22-12)13(18)19/h2-7,14H,1H3,(H,18,19). The second-order valence-electron chi connectivity index (χ2n) is 3.99. The van der Waals surface area contributed by atoms with E-state index < -0.39 is 12.6 Å². The molecule has 0 aliphatic rings. The van der Waals surface area contributed by atoms with E-state index in [1.54, 1.807) is 18.2 Å². The van der Waals surface area contributed by atoms with Gasteiger partial charge in [-0.3, -0.25) is 0 Å². The second-order valence-corrected chi connectivity index (χ2v) is 5.05. The number of ether oxygens (including phenoxy) is 2. The number of nitrogens with zero attached hydrogens (tertiary/aromatic N) is 1. The van der Waals surface area contributed by atoms with E-state index in [1.165, 1.54) is 25.4 Å². The molecule has 0 atom stereocenters. The van der Waals surface area contributed by atoms with Crippen LogP contribution in [-0.4, -0.2) is 29.8 Å². The normalized spacial score (nSPS) is 11.1. The third kappa shape index (κ3) is 4.01. The Morgan fingerprint density at radius 3 is 2.73 bits per heavy atom. The first-order valence-electron chi connectivity index (χ1n) is 5.99. The van der Waals surface area contributed by atoms with E-state index in [0.29, 0.717) is 10.6 Å². The highest BCUT2D eigenvalue weighted by Gasteiger charge is 2.11. The number of benzene rings is 1. The van der Waals surface area contributed by atoms with Gasteiger partial charge in [-0.05, 0) is 23.8 Å². The van der Waals surface area contributed by atoms with Gasteiger partial charge < -0.3 is 14.6 Å². The Bertz CT molecular complexity index is 700. The molecule has 2 aromatic rings. The SMILES string of the molecule is COc1ccc(C=Cc2ncc(C(=O)O)s2)cc1OC(F)F. The fourth-order valence-corrected chi connectivity index (χ4v) is 2.28. The molecule has 1 aromatic carbocycles. The lowest BCUT2D eigenvalue weighted by Crippen LogP contribution is -2.03. The quantitative estimate of drug-likeness (QED) is 0.877. The topological polar surface area (TPSA) is 68.7 Å². The lowest BCUT2D eigenvalue weighted by molar-refractivity contribution is -0.0512. The number of methoxy groups -OCH3 is 1. The third-order valence-electron chi connectivity index (χ3n) is 2.56. The summed E-state index contributed by atoms with van der Waals surface area (Å²) in [5, 5.41) is 9.30. The number of aromatic nitrogens is 1. The molecule has 0 radical (unpaired) electrons. The lowest BCUT2D eigenvalue weighted by Gasteiger charge is -2.10. The van der Waals surface area contributed by atoms with Gasteiger partial charge in [-0.25, -0.2) is 9.78 Å². The maximum absolute atomic E-state index is 12.3. The van der Waals surface area contributed by atoms with Gasteiger partial charge >= 0.3 is 12.6 Å². The number of hydrogen-bond acceptors (Lipinski definition) is 5. The molecule has 1 N–H and O–H groups in total. The van der Waals surface area contributed by atoms with Crippen LogP contribution >= 0.6 is 11.3 Å². The van der Waals surface area contributed by atoms with Crippen LogP contribution in [0.1, 0.15) is 20.2 Å². The van der Waals surface area contributed by atoms with Crippen LogP contribution in [0.5, 0.6) is 11.5 Å². The number of carboxylic acid groups (broad SMARTS) is 1. The van der Waals surface area contributed by atoms with E-state index in [4.69, 9.17) is 9.84 Å². The summed E-state index contributed by atoms with van der Waals surface area (Å²) in [6, 6.07) is 4.55. The van der Waals surface area contributed by atoms with Crippen LogP contribution < -0.4 is 9.47 Å². The van der Waals surface area contributed by atoms with Gasteiger partial charge in [0.15, 0.2) is 11.5 Å². The molecule has 0 aliphatic carbocycles. The zero-order valence-electron chi connectivity index (χ0n) is 11.3. The number of thiazole rings is 1. The maximum Gasteiger partial charge on any atom is 0.387 e. The van der Waals surface area contributed by atoms with Crippen LogP contribution in [-0.2, 0) is 0 Å². The highest BCUT2D eigenvalue weighted by molar-refractivity contribution is 7.14. The molecular weight excluding hydrogens is 316 g/mol. The Morgan fingerprint density at radius 1 is 1.36 bits per heavy atom. The van der Waals surface area contributed by atoms with Crippen molar-refractivity contribution in [2.75, 3.05) is 7.11 Å². The van der Waals surface area contributed by atoms with Crippen molar-refractivity contribution in [1.82, 2.24) is 4.98 Å². The molecule has 0 fully saturated rings. The molecular formula is C14H11F2NO4S. The van der Waals surface area contributed by atoms with Gasteiger partial charge in [-0.2, -0.15) is 8.78 Å². The molecule has 1 aromatic heterocycles. The third-order valence-corrected chi connectivity index (χ3v) is 3.51. The van der Waals surface area contributed by atoms with E-state index in [2.05, 4.69) is 9.72 Å². The van der Waals surface area contributed by atoms with Gasteiger partial charge in [-0.1, -0.05) is 12.1 Å². The summed E-state index contributed by atoms with van der Waals surface area (Å²) in [5.41, 5.74) is 0.587. The molecule has 1 heterocycles. The van der Waals surface area contributed by atoms with Crippen molar-refractivity contribution < 1.29 is 28.2 Å². The maximum atomic E-state index is 12.3. The molecule has 5 nitrogen and oxygen atoms in total. The Hall–Kier alpha value is -2.48. The van der Waals surface area contributed by atoms with E-state index in [1.807, 2.05) is 0 Å². The predicted molar refractivity (Wildman–Crippen MR) is 77.6 cm³/mol. The molecule has 0 bridgehead atoms. The summed E-state index contributed by atoms with van der Waals surface area (Å²) >= 11 is 1.01. The van der Waals surface area contributed by atoms with Gasteiger partial charge in [-0.15, -0.1) is 11.3 Å². The van der Waals surface area contributed by atoms with Gasteiger partial charge in [0.05, 0.1) is 13.3 Å². The van der Waals surface area contributed by atoms with Crippen molar-refractivity contribution in [1.29, 1.82) is 0 Å². The molecule has 0 aliphatic heterocycles.